The predicted octanol–water partition coefficient (Wildman–Crippen LogP) is 1.51. The van der Waals surface area contributed by atoms with Gasteiger partial charge in [0.15, 0.2) is 0 Å². The molecule has 0 atom stereocenters. The van der Waals surface area contributed by atoms with Crippen molar-refractivity contribution in [3.8, 4) is 0 Å². The Morgan fingerprint density at radius 3 is 2.83 bits per heavy atom. The van der Waals surface area contributed by atoms with Crippen molar-refractivity contribution < 1.29 is 4.74 Å². The third-order valence-corrected chi connectivity index (χ3v) is 4.80. The number of fused-ring (bicyclic) bond motifs is 2. The molecule has 1 saturated heterocycles. The Morgan fingerprint density at radius 1 is 1.21 bits per heavy atom. The summed E-state index contributed by atoms with van der Waals surface area (Å²) < 4.78 is 8.88. The van der Waals surface area contributed by atoms with Crippen molar-refractivity contribution in [3.63, 3.8) is 0 Å². The van der Waals surface area contributed by atoms with E-state index in [4.69, 9.17) is 4.74 Å². The van der Waals surface area contributed by atoms with Gasteiger partial charge in [-0.05, 0) is 25.0 Å². The van der Waals surface area contributed by atoms with E-state index < -0.39 is 0 Å². The highest BCUT2D eigenvalue weighted by molar-refractivity contribution is 6.14. The van der Waals surface area contributed by atoms with E-state index in [1.807, 2.05) is 23.9 Å². The molecule has 1 aromatic carbocycles. The highest BCUT2D eigenvalue weighted by Gasteiger charge is 2.23. The molecule has 0 spiro atoms. The summed E-state index contributed by atoms with van der Waals surface area (Å²) in [6, 6.07) is 3.83. The zero-order valence-corrected chi connectivity index (χ0v) is 13.2. The van der Waals surface area contributed by atoms with Crippen LogP contribution in [0.3, 0.4) is 0 Å². The number of aromatic nitrogens is 6. The third kappa shape index (κ3) is 1.77. The molecule has 1 aliphatic rings. The summed E-state index contributed by atoms with van der Waals surface area (Å²) in [5.74, 6) is 0. The van der Waals surface area contributed by atoms with Gasteiger partial charge >= 0.3 is 0 Å². The summed E-state index contributed by atoms with van der Waals surface area (Å²) in [6.45, 7) is 1.34. The summed E-state index contributed by atoms with van der Waals surface area (Å²) in [6.07, 6.45) is 3.31. The van der Waals surface area contributed by atoms with Gasteiger partial charge in [-0.25, -0.2) is 4.68 Å². The number of hydrogen-bond donors (Lipinski definition) is 1. The second-order valence-corrected chi connectivity index (χ2v) is 6.22. The fourth-order valence-corrected chi connectivity index (χ4v) is 3.66. The van der Waals surface area contributed by atoms with Crippen LogP contribution in [0.1, 0.15) is 18.9 Å². The Balaban J connectivity index is 1.92. The van der Waals surface area contributed by atoms with E-state index in [-0.39, 0.29) is 11.6 Å². The number of rotatable bonds is 1. The normalized spacial score (nSPS) is 16.5. The molecule has 1 aliphatic heterocycles. The van der Waals surface area contributed by atoms with Crippen LogP contribution in [0.2, 0.25) is 0 Å². The molecular formula is C16H16N6O2. The molecule has 1 fully saturated rings. The van der Waals surface area contributed by atoms with Crippen LogP contribution in [-0.2, 0) is 11.8 Å². The average molecular weight is 324 g/mol. The first-order valence-corrected chi connectivity index (χ1v) is 8.03. The maximum absolute atomic E-state index is 13.1. The standard InChI is InChI=1S/C16H16N6O2/c1-21-15-13-10(18-17-8-12(13)19-21)2-3-11-14(15)16(23)22(20-11)9-4-6-24-7-5-9/h2-3,8-9,19H,4-7H2,1H3. The van der Waals surface area contributed by atoms with Crippen molar-refractivity contribution in [1.29, 1.82) is 0 Å². The van der Waals surface area contributed by atoms with Gasteiger partial charge in [0.25, 0.3) is 5.56 Å². The zero-order valence-electron chi connectivity index (χ0n) is 13.2. The first-order chi connectivity index (χ1) is 11.7. The highest BCUT2D eigenvalue weighted by Crippen LogP contribution is 2.28. The molecule has 122 valence electrons. The first kappa shape index (κ1) is 13.7. The summed E-state index contributed by atoms with van der Waals surface area (Å²) in [5, 5.41) is 17.6. The van der Waals surface area contributed by atoms with Crippen LogP contribution >= 0.6 is 0 Å². The molecule has 0 amide bonds. The predicted molar refractivity (Wildman–Crippen MR) is 89.0 cm³/mol. The van der Waals surface area contributed by atoms with Crippen molar-refractivity contribution in [2.45, 2.75) is 18.9 Å². The van der Waals surface area contributed by atoms with Gasteiger partial charge in [0.1, 0.15) is 0 Å². The molecule has 1 N–H and O–H groups in total. The summed E-state index contributed by atoms with van der Waals surface area (Å²) in [4.78, 5) is 13.1. The van der Waals surface area contributed by atoms with E-state index in [0.29, 0.717) is 24.1 Å². The monoisotopic (exact) mass is 324 g/mol. The number of aryl methyl sites for hydroxylation is 1. The van der Waals surface area contributed by atoms with Gasteiger partial charge in [-0.3, -0.25) is 14.6 Å². The number of nitrogens with zero attached hydrogens (tertiary/aromatic N) is 5. The van der Waals surface area contributed by atoms with Crippen molar-refractivity contribution in [3.05, 3.63) is 28.7 Å². The molecule has 0 bridgehead atoms. The van der Waals surface area contributed by atoms with Gasteiger partial charge in [-0.2, -0.15) is 15.3 Å². The lowest BCUT2D eigenvalue weighted by molar-refractivity contribution is 0.0656. The Labute approximate surface area is 136 Å². The summed E-state index contributed by atoms with van der Waals surface area (Å²) >= 11 is 0. The molecule has 4 aromatic rings. The minimum Gasteiger partial charge on any atom is -0.381 e. The molecule has 3 aromatic heterocycles. The van der Waals surface area contributed by atoms with Gasteiger partial charge in [-0.15, -0.1) is 0 Å². The van der Waals surface area contributed by atoms with Crippen molar-refractivity contribution >= 4 is 32.8 Å². The maximum Gasteiger partial charge on any atom is 0.278 e. The van der Waals surface area contributed by atoms with Crippen LogP contribution < -0.4 is 5.56 Å². The third-order valence-electron chi connectivity index (χ3n) is 4.80. The number of hydrogen-bond acceptors (Lipinski definition) is 5. The van der Waals surface area contributed by atoms with Crippen molar-refractivity contribution in [1.82, 2.24) is 29.8 Å². The fraction of sp³-hybridized carbons (Fsp3) is 0.375. The molecule has 8 heteroatoms. The number of ether oxygens (including phenoxy) is 1. The van der Waals surface area contributed by atoms with Crippen molar-refractivity contribution in [2.75, 3.05) is 13.2 Å². The SMILES string of the molecule is Cn1[nH]c2cnnc3ccc4nn(C5CCOCC5)c(=O)c4c1c32. The minimum absolute atomic E-state index is 0.0530. The molecule has 0 radical (unpaired) electrons. The van der Waals surface area contributed by atoms with Crippen LogP contribution in [0.15, 0.2) is 23.1 Å². The average Bonchev–Trinajstić information content (AvgIpc) is 3.03. The molecule has 0 saturated carbocycles. The molecule has 5 rings (SSSR count). The van der Waals surface area contributed by atoms with Crippen LogP contribution in [0.5, 0.6) is 0 Å². The first-order valence-electron chi connectivity index (χ1n) is 8.03. The Hall–Kier alpha value is -2.74. The van der Waals surface area contributed by atoms with Crippen LogP contribution in [0.4, 0.5) is 0 Å². The van der Waals surface area contributed by atoms with E-state index in [2.05, 4.69) is 20.4 Å². The lowest BCUT2D eigenvalue weighted by Crippen LogP contribution is -2.27. The molecule has 0 unspecified atom stereocenters. The quantitative estimate of drug-likeness (QED) is 0.573. The summed E-state index contributed by atoms with van der Waals surface area (Å²) in [7, 11) is 1.89. The molecule has 4 heterocycles. The second-order valence-electron chi connectivity index (χ2n) is 6.22. The largest absolute Gasteiger partial charge is 0.381 e. The van der Waals surface area contributed by atoms with Gasteiger partial charge in [0.05, 0.1) is 45.1 Å². The summed E-state index contributed by atoms with van der Waals surface area (Å²) in [5.41, 5.74) is 3.05. The smallest absolute Gasteiger partial charge is 0.278 e. The van der Waals surface area contributed by atoms with Crippen LogP contribution in [0.25, 0.3) is 32.8 Å². The molecule has 8 nitrogen and oxygen atoms in total. The van der Waals surface area contributed by atoms with Crippen LogP contribution in [-0.4, -0.2) is 43.0 Å². The van der Waals surface area contributed by atoms with Gasteiger partial charge in [0.2, 0.25) is 0 Å². The number of H-pyrrole nitrogens is 1. The number of nitrogens with one attached hydrogen (secondary N) is 1. The Bertz CT molecular complexity index is 1130. The minimum atomic E-state index is -0.0530. The molecular weight excluding hydrogens is 308 g/mol. The number of aromatic amines is 1. The molecule has 24 heavy (non-hydrogen) atoms. The Morgan fingerprint density at radius 2 is 2.00 bits per heavy atom. The fourth-order valence-electron chi connectivity index (χ4n) is 3.66. The maximum atomic E-state index is 13.1. The second kappa shape index (κ2) is 4.88. The Kier molecular flexibility index (Phi) is 2.78. The van der Waals surface area contributed by atoms with Gasteiger partial charge in [0, 0.05) is 20.3 Å². The topological polar surface area (TPSA) is 90.6 Å². The molecule has 0 aliphatic carbocycles. The lowest BCUT2D eigenvalue weighted by atomic mass is 10.1. The van der Waals surface area contributed by atoms with E-state index >= 15 is 0 Å². The van der Waals surface area contributed by atoms with Gasteiger partial charge < -0.3 is 4.74 Å². The highest BCUT2D eigenvalue weighted by atomic mass is 16.5. The van der Waals surface area contributed by atoms with E-state index in [0.717, 1.165) is 34.8 Å². The van der Waals surface area contributed by atoms with E-state index in [1.165, 1.54) is 0 Å². The van der Waals surface area contributed by atoms with Crippen molar-refractivity contribution in [2.24, 2.45) is 7.05 Å². The van der Waals surface area contributed by atoms with E-state index in [1.54, 1.807) is 10.9 Å². The zero-order chi connectivity index (χ0) is 16.3. The van der Waals surface area contributed by atoms with Gasteiger partial charge in [-0.1, -0.05) is 0 Å². The lowest BCUT2D eigenvalue weighted by Gasteiger charge is -2.21. The van der Waals surface area contributed by atoms with E-state index in [9.17, 15) is 4.79 Å². The van der Waals surface area contributed by atoms with Crippen LogP contribution in [0, 0.1) is 0 Å².